The number of aliphatic hydroxyl groups is 1. The van der Waals surface area contributed by atoms with Crippen LogP contribution in [0.25, 0.3) is 0 Å². The molecule has 3 heterocycles. The summed E-state index contributed by atoms with van der Waals surface area (Å²) >= 11 is 3.53. The van der Waals surface area contributed by atoms with E-state index >= 15 is 0 Å². The molecule has 1 amide bonds. The largest absolute Gasteiger partial charge is 0.387 e. The predicted molar refractivity (Wildman–Crippen MR) is 136 cm³/mol. The van der Waals surface area contributed by atoms with Crippen LogP contribution in [0.3, 0.4) is 0 Å². The molecule has 4 atom stereocenters. The lowest BCUT2D eigenvalue weighted by Gasteiger charge is -2.39. The Morgan fingerprint density at radius 3 is 2.53 bits per heavy atom. The highest BCUT2D eigenvalue weighted by atomic mass is 79.9. The molecule has 3 aliphatic rings. The minimum absolute atomic E-state index is 0.0475. The molecule has 182 valence electrons. The van der Waals surface area contributed by atoms with Crippen LogP contribution in [0.15, 0.2) is 35.1 Å². The van der Waals surface area contributed by atoms with Gasteiger partial charge in [0.1, 0.15) is 12.1 Å². The fourth-order valence-electron chi connectivity index (χ4n) is 5.92. The van der Waals surface area contributed by atoms with Gasteiger partial charge in [0.15, 0.2) is 0 Å². The highest BCUT2D eigenvalue weighted by Gasteiger charge is 2.41. The summed E-state index contributed by atoms with van der Waals surface area (Å²) in [5, 5.41) is 14.1. The topological polar surface area (TPSA) is 81.6 Å². The number of aliphatic hydroxyl groups excluding tert-OH is 1. The Morgan fingerprint density at radius 1 is 1.18 bits per heavy atom. The standard InChI is InChI=1S/C26H34BrN5O2/c1-16-14-20(33)23-21(16)24(29-15-28-23)31-10-12-32(13-11-31)25(34)22(17-4-6-18(27)7-5-17)19-8-9-26(2,3)30-19/h4-7,15-16,19-20,22,30,33H,8-14H2,1-3H3/t16-,19+,20+,22+/m1/s1. The third-order valence-corrected chi connectivity index (χ3v) is 8.25. The van der Waals surface area contributed by atoms with Gasteiger partial charge in [-0.15, -0.1) is 0 Å². The second-order valence-electron chi connectivity index (χ2n) is 10.7. The molecule has 1 aromatic carbocycles. The molecule has 5 rings (SSSR count). The van der Waals surface area contributed by atoms with Crippen molar-refractivity contribution < 1.29 is 9.90 Å². The van der Waals surface area contributed by atoms with Crippen LogP contribution in [0, 0.1) is 0 Å². The lowest BCUT2D eigenvalue weighted by molar-refractivity contribution is -0.133. The van der Waals surface area contributed by atoms with Gasteiger partial charge < -0.3 is 20.2 Å². The van der Waals surface area contributed by atoms with E-state index < -0.39 is 6.10 Å². The Labute approximate surface area is 210 Å². The molecule has 0 saturated carbocycles. The Kier molecular flexibility index (Phi) is 6.42. The lowest BCUT2D eigenvalue weighted by atomic mass is 9.89. The zero-order chi connectivity index (χ0) is 24.0. The first-order chi connectivity index (χ1) is 16.2. The van der Waals surface area contributed by atoms with E-state index in [0.29, 0.717) is 19.5 Å². The zero-order valence-electron chi connectivity index (χ0n) is 20.2. The third kappa shape index (κ3) is 4.48. The predicted octanol–water partition coefficient (Wildman–Crippen LogP) is 3.74. The van der Waals surface area contributed by atoms with Gasteiger partial charge in [0, 0.05) is 47.8 Å². The monoisotopic (exact) mass is 527 g/mol. The van der Waals surface area contributed by atoms with Crippen molar-refractivity contribution >= 4 is 27.7 Å². The summed E-state index contributed by atoms with van der Waals surface area (Å²) in [6.45, 7) is 9.35. The zero-order valence-corrected chi connectivity index (χ0v) is 21.8. The number of hydrogen-bond donors (Lipinski definition) is 2. The highest BCUT2D eigenvalue weighted by molar-refractivity contribution is 9.10. The van der Waals surface area contributed by atoms with Crippen LogP contribution < -0.4 is 10.2 Å². The van der Waals surface area contributed by atoms with Crippen molar-refractivity contribution in [3.05, 3.63) is 51.9 Å². The van der Waals surface area contributed by atoms with E-state index in [0.717, 1.165) is 53.0 Å². The maximum absolute atomic E-state index is 13.9. The number of halogens is 1. The molecule has 2 N–H and O–H groups in total. The SMILES string of the molecule is C[C@@H]1C[C@H](O)c2ncnc(N3CCN(C(=O)[C@@H](c4ccc(Br)cc4)[C@@H]4CCC(C)(C)N4)CC3)c21. The number of carbonyl (C=O) groups excluding carboxylic acids is 1. The lowest BCUT2D eigenvalue weighted by Crippen LogP contribution is -2.53. The maximum atomic E-state index is 13.9. The number of fused-ring (bicyclic) bond motifs is 1. The van der Waals surface area contributed by atoms with Crippen LogP contribution in [0.4, 0.5) is 5.82 Å². The summed E-state index contributed by atoms with van der Waals surface area (Å²) in [6.07, 6.45) is 3.80. The summed E-state index contributed by atoms with van der Waals surface area (Å²) in [5.74, 6) is 1.16. The molecule has 8 heteroatoms. The van der Waals surface area contributed by atoms with Crippen molar-refractivity contribution in [2.75, 3.05) is 31.1 Å². The van der Waals surface area contributed by atoms with Crippen LogP contribution in [0.5, 0.6) is 0 Å². The van der Waals surface area contributed by atoms with Crippen molar-refractivity contribution in [1.82, 2.24) is 20.2 Å². The molecule has 1 aromatic heterocycles. The van der Waals surface area contributed by atoms with Gasteiger partial charge in [-0.25, -0.2) is 9.97 Å². The van der Waals surface area contributed by atoms with Crippen molar-refractivity contribution in [3.63, 3.8) is 0 Å². The molecule has 0 unspecified atom stereocenters. The molecular weight excluding hydrogens is 494 g/mol. The summed E-state index contributed by atoms with van der Waals surface area (Å²) in [6, 6.07) is 8.34. The molecule has 2 aliphatic heterocycles. The van der Waals surface area contributed by atoms with Gasteiger partial charge >= 0.3 is 0 Å². The van der Waals surface area contributed by atoms with Crippen LogP contribution in [0.2, 0.25) is 0 Å². The van der Waals surface area contributed by atoms with Gasteiger partial charge in [-0.3, -0.25) is 4.79 Å². The number of aromatic nitrogens is 2. The second kappa shape index (κ2) is 9.21. The molecule has 1 aliphatic carbocycles. The summed E-state index contributed by atoms with van der Waals surface area (Å²) in [5.41, 5.74) is 2.95. The Morgan fingerprint density at radius 2 is 1.88 bits per heavy atom. The number of nitrogens with zero attached hydrogens (tertiary/aromatic N) is 4. The van der Waals surface area contributed by atoms with Gasteiger partial charge in [-0.1, -0.05) is 35.0 Å². The van der Waals surface area contributed by atoms with Crippen molar-refractivity contribution in [2.24, 2.45) is 0 Å². The molecular formula is C26H34BrN5O2. The highest BCUT2D eigenvalue weighted by Crippen LogP contribution is 2.43. The second-order valence-corrected chi connectivity index (χ2v) is 11.6. The van der Waals surface area contributed by atoms with E-state index in [9.17, 15) is 9.90 Å². The summed E-state index contributed by atoms with van der Waals surface area (Å²) in [7, 11) is 0. The molecule has 0 bridgehead atoms. The number of carbonyl (C=O) groups is 1. The van der Waals surface area contributed by atoms with E-state index in [2.05, 4.69) is 69.0 Å². The number of piperazine rings is 1. The summed E-state index contributed by atoms with van der Waals surface area (Å²) in [4.78, 5) is 27.1. The van der Waals surface area contributed by atoms with E-state index in [1.807, 2.05) is 17.0 Å². The van der Waals surface area contributed by atoms with E-state index in [1.54, 1.807) is 6.33 Å². The van der Waals surface area contributed by atoms with Gasteiger partial charge in [0.25, 0.3) is 0 Å². The number of anilines is 1. The number of rotatable bonds is 4. The quantitative estimate of drug-likeness (QED) is 0.630. The van der Waals surface area contributed by atoms with Crippen molar-refractivity contribution in [3.8, 4) is 0 Å². The van der Waals surface area contributed by atoms with Gasteiger partial charge in [0.05, 0.1) is 17.7 Å². The molecule has 0 spiro atoms. The number of benzene rings is 1. The molecule has 7 nitrogen and oxygen atoms in total. The normalized spacial score (nSPS) is 27.0. The third-order valence-electron chi connectivity index (χ3n) is 7.72. The average Bonchev–Trinajstić information content (AvgIpc) is 3.33. The smallest absolute Gasteiger partial charge is 0.231 e. The van der Waals surface area contributed by atoms with Crippen LogP contribution in [-0.2, 0) is 4.79 Å². The van der Waals surface area contributed by atoms with Crippen molar-refractivity contribution in [2.45, 2.75) is 69.6 Å². The minimum atomic E-state index is -0.510. The van der Waals surface area contributed by atoms with Crippen molar-refractivity contribution in [1.29, 1.82) is 0 Å². The number of hydrogen-bond acceptors (Lipinski definition) is 6. The first-order valence-corrected chi connectivity index (χ1v) is 13.1. The summed E-state index contributed by atoms with van der Waals surface area (Å²) < 4.78 is 1.02. The fourth-order valence-corrected chi connectivity index (χ4v) is 6.18. The average molecular weight is 528 g/mol. The van der Waals surface area contributed by atoms with Gasteiger partial charge in [-0.05, 0) is 56.7 Å². The van der Waals surface area contributed by atoms with Gasteiger partial charge in [0.2, 0.25) is 5.91 Å². The van der Waals surface area contributed by atoms with Crippen LogP contribution >= 0.6 is 15.9 Å². The number of nitrogens with one attached hydrogen (secondary N) is 1. The Balaban J connectivity index is 1.33. The van der Waals surface area contributed by atoms with E-state index in [4.69, 9.17) is 0 Å². The van der Waals surface area contributed by atoms with E-state index in [1.165, 1.54) is 0 Å². The first kappa shape index (κ1) is 23.7. The van der Waals surface area contributed by atoms with E-state index in [-0.39, 0.29) is 29.3 Å². The first-order valence-electron chi connectivity index (χ1n) is 12.3. The molecule has 2 aromatic rings. The van der Waals surface area contributed by atoms with Crippen LogP contribution in [0.1, 0.15) is 74.8 Å². The molecule has 2 fully saturated rings. The van der Waals surface area contributed by atoms with Crippen LogP contribution in [-0.4, -0.2) is 63.6 Å². The number of amides is 1. The molecule has 0 radical (unpaired) electrons. The minimum Gasteiger partial charge on any atom is -0.387 e. The molecule has 34 heavy (non-hydrogen) atoms. The Hall–Kier alpha value is -2.03. The fraction of sp³-hybridized carbons (Fsp3) is 0.577. The van der Waals surface area contributed by atoms with Gasteiger partial charge in [-0.2, -0.15) is 0 Å². The maximum Gasteiger partial charge on any atom is 0.231 e. The molecule has 2 saturated heterocycles. The Bertz CT molecular complexity index is 1050.